The summed E-state index contributed by atoms with van der Waals surface area (Å²) in [6.45, 7) is 0. The molecule has 0 aliphatic carbocycles. The minimum atomic E-state index is -1.27. The number of rotatable bonds is 4. The highest BCUT2D eigenvalue weighted by Gasteiger charge is 2.22. The van der Waals surface area contributed by atoms with E-state index in [2.05, 4.69) is 0 Å². The number of aromatic carboxylic acids is 2. The average molecular weight is 396 g/mol. The van der Waals surface area contributed by atoms with Crippen LogP contribution in [0.1, 0.15) is 36.6 Å². The van der Waals surface area contributed by atoms with Gasteiger partial charge in [0.15, 0.2) is 5.78 Å². The van der Waals surface area contributed by atoms with E-state index in [1.165, 1.54) is 6.07 Å². The van der Waals surface area contributed by atoms with E-state index >= 15 is 0 Å². The summed E-state index contributed by atoms with van der Waals surface area (Å²) in [6.07, 6.45) is 0. The Morgan fingerprint density at radius 1 is 0.810 bits per heavy atom. The topological polar surface area (TPSA) is 91.7 Å². The highest BCUT2D eigenvalue weighted by Crippen LogP contribution is 2.22. The van der Waals surface area contributed by atoms with E-state index in [1.54, 1.807) is 52.9 Å². The van der Waals surface area contributed by atoms with Crippen LogP contribution in [0.5, 0.6) is 0 Å². The summed E-state index contributed by atoms with van der Waals surface area (Å²) >= 11 is 1.73. The number of ketones is 1. The van der Waals surface area contributed by atoms with Gasteiger partial charge in [-0.25, -0.2) is 9.59 Å². The van der Waals surface area contributed by atoms with Gasteiger partial charge in [-0.3, -0.25) is 4.79 Å². The number of hydrogen-bond acceptors (Lipinski definition) is 3. The van der Waals surface area contributed by atoms with Gasteiger partial charge in [-0.1, -0.05) is 30.3 Å². The van der Waals surface area contributed by atoms with Crippen molar-refractivity contribution in [1.29, 1.82) is 0 Å². The number of hydrogen-bond donors (Lipinski definition) is 2. The summed E-state index contributed by atoms with van der Waals surface area (Å²) in [5.74, 6) is -3.01. The summed E-state index contributed by atoms with van der Waals surface area (Å²) in [4.78, 5) is 34.8. The molecular weight excluding hydrogens is 387 g/mol. The molecule has 0 amide bonds. The summed E-state index contributed by atoms with van der Waals surface area (Å²) in [5, 5.41) is 18.3. The molecule has 0 unspecified atom stereocenters. The molecule has 0 saturated heterocycles. The van der Waals surface area contributed by atoms with Gasteiger partial charge in [-0.2, -0.15) is 0 Å². The van der Waals surface area contributed by atoms with E-state index in [0.717, 1.165) is 6.07 Å². The molecule has 0 radical (unpaired) electrons. The zero-order chi connectivity index (χ0) is 15.6. The first kappa shape index (κ1) is 15.2. The molecule has 0 heterocycles. The molecular formula is C15H9IO5. The van der Waals surface area contributed by atoms with E-state index in [-0.39, 0.29) is 20.3 Å². The standard InChI is InChI=1S/C15H9IO5/c16-12-7-10(14(18)19)9(6-11(12)15(20)21)13(17)8-4-2-1-3-5-8/h1-7H,(H,18,19)(H,20,21). The number of carboxylic acid groups (broad SMARTS) is 2. The molecule has 0 atom stereocenters. The Hall–Kier alpha value is -2.22. The van der Waals surface area contributed by atoms with Gasteiger partial charge in [0, 0.05) is 14.7 Å². The van der Waals surface area contributed by atoms with Crippen molar-refractivity contribution in [3.05, 3.63) is 68.3 Å². The Morgan fingerprint density at radius 3 is 1.90 bits per heavy atom. The minimum absolute atomic E-state index is 0.0973. The average Bonchev–Trinajstić information content (AvgIpc) is 2.46. The molecule has 0 saturated carbocycles. The van der Waals surface area contributed by atoms with Crippen LogP contribution in [0.3, 0.4) is 0 Å². The third-order valence-corrected chi connectivity index (χ3v) is 3.74. The van der Waals surface area contributed by atoms with Crippen LogP contribution in [0, 0.1) is 3.57 Å². The lowest BCUT2D eigenvalue weighted by atomic mass is 9.96. The molecule has 0 aromatic heterocycles. The second-order valence-corrected chi connectivity index (χ2v) is 5.35. The van der Waals surface area contributed by atoms with Crippen LogP contribution in [-0.2, 0) is 0 Å². The predicted octanol–water partition coefficient (Wildman–Crippen LogP) is 2.92. The third kappa shape index (κ3) is 3.10. The summed E-state index contributed by atoms with van der Waals surface area (Å²) in [5.41, 5.74) is -0.137. The van der Waals surface area contributed by atoms with E-state index in [9.17, 15) is 19.5 Å². The fourth-order valence-electron chi connectivity index (χ4n) is 1.85. The molecule has 0 fully saturated rings. The van der Waals surface area contributed by atoms with Crippen molar-refractivity contribution in [2.45, 2.75) is 0 Å². The molecule has 0 aliphatic heterocycles. The normalized spacial score (nSPS) is 10.1. The first-order valence-corrected chi connectivity index (χ1v) is 6.89. The van der Waals surface area contributed by atoms with Crippen LogP contribution >= 0.6 is 22.6 Å². The van der Waals surface area contributed by atoms with Crippen molar-refractivity contribution in [3.8, 4) is 0 Å². The number of benzene rings is 2. The lowest BCUT2D eigenvalue weighted by Gasteiger charge is -2.09. The number of carbonyl (C=O) groups is 3. The van der Waals surface area contributed by atoms with Crippen molar-refractivity contribution in [2.75, 3.05) is 0 Å². The maximum atomic E-state index is 12.4. The maximum Gasteiger partial charge on any atom is 0.336 e. The van der Waals surface area contributed by atoms with Gasteiger partial charge in [0.1, 0.15) is 0 Å². The molecule has 0 aliphatic rings. The minimum Gasteiger partial charge on any atom is -0.478 e. The van der Waals surface area contributed by atoms with Gasteiger partial charge < -0.3 is 10.2 Å². The lowest BCUT2D eigenvalue weighted by molar-refractivity contribution is 0.0678. The Kier molecular flexibility index (Phi) is 4.37. The molecule has 21 heavy (non-hydrogen) atoms. The molecule has 5 nitrogen and oxygen atoms in total. The fraction of sp³-hybridized carbons (Fsp3) is 0. The Bertz CT molecular complexity index is 737. The Morgan fingerprint density at radius 2 is 1.38 bits per heavy atom. The molecule has 2 N–H and O–H groups in total. The van der Waals surface area contributed by atoms with Crippen LogP contribution < -0.4 is 0 Å². The smallest absolute Gasteiger partial charge is 0.336 e. The van der Waals surface area contributed by atoms with Crippen molar-refractivity contribution in [3.63, 3.8) is 0 Å². The third-order valence-electron chi connectivity index (χ3n) is 2.85. The summed E-state index contributed by atoms with van der Waals surface area (Å²) in [6, 6.07) is 10.4. The van der Waals surface area contributed by atoms with Gasteiger partial charge in [0.25, 0.3) is 0 Å². The molecule has 6 heteroatoms. The molecule has 2 aromatic rings. The van der Waals surface area contributed by atoms with Crippen molar-refractivity contribution >= 4 is 40.3 Å². The second kappa shape index (κ2) is 6.04. The van der Waals surface area contributed by atoms with Gasteiger partial charge in [0.2, 0.25) is 0 Å². The highest BCUT2D eigenvalue weighted by atomic mass is 127. The van der Waals surface area contributed by atoms with Gasteiger partial charge in [0.05, 0.1) is 11.1 Å². The fourth-order valence-corrected chi connectivity index (χ4v) is 2.54. The van der Waals surface area contributed by atoms with Gasteiger partial charge in [-0.15, -0.1) is 0 Å². The Labute approximate surface area is 133 Å². The summed E-state index contributed by atoms with van der Waals surface area (Å²) in [7, 11) is 0. The number of carboxylic acids is 2. The van der Waals surface area contributed by atoms with E-state index in [0.29, 0.717) is 5.56 Å². The zero-order valence-electron chi connectivity index (χ0n) is 10.5. The van der Waals surface area contributed by atoms with Gasteiger partial charge in [-0.05, 0) is 34.7 Å². The van der Waals surface area contributed by atoms with Crippen LogP contribution in [-0.4, -0.2) is 27.9 Å². The van der Waals surface area contributed by atoms with Crippen LogP contribution in [0.4, 0.5) is 0 Å². The van der Waals surface area contributed by atoms with Crippen LogP contribution in [0.15, 0.2) is 42.5 Å². The highest BCUT2D eigenvalue weighted by molar-refractivity contribution is 14.1. The SMILES string of the molecule is O=C(O)c1cc(C(=O)c2ccccc2)c(C(=O)O)cc1I. The molecule has 2 aromatic carbocycles. The molecule has 0 bridgehead atoms. The van der Waals surface area contributed by atoms with E-state index < -0.39 is 17.7 Å². The first-order valence-electron chi connectivity index (χ1n) is 5.81. The van der Waals surface area contributed by atoms with Crippen molar-refractivity contribution in [1.82, 2.24) is 0 Å². The Balaban J connectivity index is 2.66. The lowest BCUT2D eigenvalue weighted by Crippen LogP contribution is -2.13. The molecule has 0 spiro atoms. The second-order valence-electron chi connectivity index (χ2n) is 4.18. The number of halogens is 1. The maximum absolute atomic E-state index is 12.4. The monoisotopic (exact) mass is 396 g/mol. The van der Waals surface area contributed by atoms with E-state index in [4.69, 9.17) is 5.11 Å². The van der Waals surface area contributed by atoms with Crippen molar-refractivity contribution < 1.29 is 24.6 Å². The van der Waals surface area contributed by atoms with Crippen LogP contribution in [0.2, 0.25) is 0 Å². The van der Waals surface area contributed by atoms with Crippen LogP contribution in [0.25, 0.3) is 0 Å². The molecule has 2 rings (SSSR count). The van der Waals surface area contributed by atoms with Gasteiger partial charge >= 0.3 is 11.9 Å². The summed E-state index contributed by atoms with van der Waals surface area (Å²) < 4.78 is 0.266. The largest absolute Gasteiger partial charge is 0.478 e. The van der Waals surface area contributed by atoms with E-state index in [1.807, 2.05) is 0 Å². The quantitative estimate of drug-likeness (QED) is 0.613. The zero-order valence-corrected chi connectivity index (χ0v) is 12.7. The van der Waals surface area contributed by atoms with Crippen molar-refractivity contribution in [2.24, 2.45) is 0 Å². The predicted molar refractivity (Wildman–Crippen MR) is 83.0 cm³/mol. The molecule has 106 valence electrons. The first-order chi connectivity index (χ1) is 9.91. The number of carbonyl (C=O) groups excluding carboxylic acids is 1.